The van der Waals surface area contributed by atoms with E-state index in [9.17, 15) is 0 Å². The summed E-state index contributed by atoms with van der Waals surface area (Å²) in [6.45, 7) is 0. The molecule has 110 valence electrons. The lowest BCUT2D eigenvalue weighted by atomic mass is 10.1. The maximum atomic E-state index is 5.62. The maximum Gasteiger partial charge on any atom is 0.103 e. The van der Waals surface area contributed by atoms with E-state index in [2.05, 4.69) is 54.6 Å². The summed E-state index contributed by atoms with van der Waals surface area (Å²) in [4.78, 5) is 0.454. The molecular weight excluding hydrogens is 306 g/mol. The van der Waals surface area contributed by atoms with Gasteiger partial charge >= 0.3 is 0 Å². The molecule has 0 aromatic heterocycles. The molecule has 3 rings (SSSR count). The Bertz CT molecular complexity index is 789. The van der Waals surface area contributed by atoms with Crippen LogP contribution >= 0.6 is 24.0 Å². The van der Waals surface area contributed by atoms with E-state index < -0.39 is 0 Å². The Hall–Kier alpha value is -1.84. The molecule has 0 aliphatic heterocycles. The van der Waals surface area contributed by atoms with Crippen LogP contribution in [0.2, 0.25) is 0 Å². The van der Waals surface area contributed by atoms with Crippen molar-refractivity contribution in [1.82, 2.24) is 0 Å². The van der Waals surface area contributed by atoms with Gasteiger partial charge in [-0.25, -0.2) is 0 Å². The van der Waals surface area contributed by atoms with Gasteiger partial charge in [-0.05, 0) is 21.9 Å². The van der Waals surface area contributed by atoms with Crippen molar-refractivity contribution < 1.29 is 0 Å². The Morgan fingerprint density at radius 2 is 1.59 bits per heavy atom. The van der Waals surface area contributed by atoms with Crippen LogP contribution in [-0.2, 0) is 11.5 Å². The van der Waals surface area contributed by atoms with Crippen molar-refractivity contribution in [1.29, 1.82) is 0 Å². The standard InChI is InChI=1S/C19H17NS2/c20-19(21)16-10-8-14(9-11-16)12-22-13-17-6-3-5-15-4-1-2-7-18(15)17/h1-11H,12-13H2,(H2,20,21). The SMILES string of the molecule is NC(=S)c1ccc(CSCc2cccc3ccccc23)cc1. The second kappa shape index (κ2) is 6.95. The molecule has 0 amide bonds. The number of thiocarbonyl (C=S) groups is 1. The highest BCUT2D eigenvalue weighted by molar-refractivity contribution is 7.97. The molecule has 3 aromatic rings. The largest absolute Gasteiger partial charge is 0.389 e. The van der Waals surface area contributed by atoms with E-state index in [0.717, 1.165) is 17.1 Å². The van der Waals surface area contributed by atoms with Crippen molar-refractivity contribution in [2.75, 3.05) is 0 Å². The van der Waals surface area contributed by atoms with Crippen molar-refractivity contribution >= 4 is 39.7 Å². The minimum Gasteiger partial charge on any atom is -0.389 e. The van der Waals surface area contributed by atoms with Crippen molar-refractivity contribution in [3.63, 3.8) is 0 Å². The van der Waals surface area contributed by atoms with Crippen molar-refractivity contribution in [2.45, 2.75) is 11.5 Å². The molecule has 0 radical (unpaired) electrons. The number of fused-ring (bicyclic) bond motifs is 1. The fraction of sp³-hybridized carbons (Fsp3) is 0.105. The van der Waals surface area contributed by atoms with Gasteiger partial charge in [-0.3, -0.25) is 0 Å². The molecule has 3 aromatic carbocycles. The minimum absolute atomic E-state index is 0.454. The molecule has 3 heteroatoms. The summed E-state index contributed by atoms with van der Waals surface area (Å²) in [7, 11) is 0. The Balaban J connectivity index is 1.66. The quantitative estimate of drug-likeness (QED) is 0.676. The minimum atomic E-state index is 0.454. The molecule has 0 spiro atoms. The average molecular weight is 323 g/mol. The van der Waals surface area contributed by atoms with Crippen molar-refractivity contribution in [2.24, 2.45) is 5.73 Å². The van der Waals surface area contributed by atoms with Gasteiger partial charge < -0.3 is 5.73 Å². The molecule has 0 fully saturated rings. The molecular formula is C19H17NS2. The summed E-state index contributed by atoms with van der Waals surface area (Å²) >= 11 is 6.90. The van der Waals surface area contributed by atoms with E-state index in [1.807, 2.05) is 23.9 Å². The summed E-state index contributed by atoms with van der Waals surface area (Å²) in [5.41, 5.74) is 9.24. The van der Waals surface area contributed by atoms with Crippen molar-refractivity contribution in [3.05, 3.63) is 83.4 Å². The Labute approximate surface area is 140 Å². The molecule has 22 heavy (non-hydrogen) atoms. The fourth-order valence-electron chi connectivity index (χ4n) is 2.46. The van der Waals surface area contributed by atoms with Gasteiger partial charge in [0.2, 0.25) is 0 Å². The summed E-state index contributed by atoms with van der Waals surface area (Å²) in [6, 6.07) is 23.3. The lowest BCUT2D eigenvalue weighted by Crippen LogP contribution is -2.08. The highest BCUT2D eigenvalue weighted by atomic mass is 32.2. The van der Waals surface area contributed by atoms with E-state index >= 15 is 0 Å². The second-order valence-electron chi connectivity index (χ2n) is 5.19. The highest BCUT2D eigenvalue weighted by Crippen LogP contribution is 2.24. The lowest BCUT2D eigenvalue weighted by Gasteiger charge is -2.07. The van der Waals surface area contributed by atoms with Gasteiger partial charge in [-0.2, -0.15) is 11.8 Å². The molecule has 0 unspecified atom stereocenters. The Morgan fingerprint density at radius 3 is 2.36 bits per heavy atom. The third-order valence-corrected chi connectivity index (χ3v) is 4.93. The molecule has 0 saturated carbocycles. The van der Waals surface area contributed by atoms with Crippen LogP contribution in [0.25, 0.3) is 10.8 Å². The first kappa shape index (κ1) is 15.1. The summed E-state index contributed by atoms with van der Waals surface area (Å²) in [5, 5.41) is 2.66. The van der Waals surface area contributed by atoms with E-state index in [0.29, 0.717) is 4.99 Å². The maximum absolute atomic E-state index is 5.62. The van der Waals surface area contributed by atoms with Gasteiger partial charge in [0.15, 0.2) is 0 Å². The average Bonchev–Trinajstić information content (AvgIpc) is 2.55. The normalized spacial score (nSPS) is 10.7. The molecule has 0 saturated heterocycles. The van der Waals surface area contributed by atoms with Crippen LogP contribution in [0.4, 0.5) is 0 Å². The molecule has 0 atom stereocenters. The molecule has 1 nitrogen and oxygen atoms in total. The first-order valence-corrected chi connectivity index (χ1v) is 8.73. The van der Waals surface area contributed by atoms with E-state index in [4.69, 9.17) is 18.0 Å². The van der Waals surface area contributed by atoms with Gasteiger partial charge in [0.05, 0.1) is 0 Å². The van der Waals surface area contributed by atoms with E-state index in [1.165, 1.54) is 21.9 Å². The molecule has 0 aliphatic carbocycles. The monoisotopic (exact) mass is 323 g/mol. The van der Waals surface area contributed by atoms with Crippen LogP contribution in [0.5, 0.6) is 0 Å². The number of benzene rings is 3. The third-order valence-electron chi connectivity index (χ3n) is 3.64. The third kappa shape index (κ3) is 3.49. The van der Waals surface area contributed by atoms with Crippen LogP contribution in [0.3, 0.4) is 0 Å². The van der Waals surface area contributed by atoms with Crippen molar-refractivity contribution in [3.8, 4) is 0 Å². The first-order chi connectivity index (χ1) is 10.7. The molecule has 0 aliphatic rings. The number of hydrogen-bond acceptors (Lipinski definition) is 2. The zero-order valence-corrected chi connectivity index (χ0v) is 13.8. The van der Waals surface area contributed by atoms with Crippen LogP contribution < -0.4 is 5.73 Å². The van der Waals surface area contributed by atoms with Gasteiger partial charge in [0.25, 0.3) is 0 Å². The summed E-state index contributed by atoms with van der Waals surface area (Å²) in [5.74, 6) is 2.00. The molecule has 0 bridgehead atoms. The number of nitrogens with two attached hydrogens (primary N) is 1. The predicted octanol–water partition coefficient (Wildman–Crippen LogP) is 4.91. The number of thioether (sulfide) groups is 1. The molecule has 2 N–H and O–H groups in total. The van der Waals surface area contributed by atoms with Gasteiger partial charge in [-0.15, -0.1) is 0 Å². The Morgan fingerprint density at radius 1 is 0.864 bits per heavy atom. The van der Waals surface area contributed by atoms with E-state index in [-0.39, 0.29) is 0 Å². The van der Waals surface area contributed by atoms with Crippen LogP contribution in [-0.4, -0.2) is 4.99 Å². The molecule has 0 heterocycles. The zero-order chi connectivity index (χ0) is 15.4. The first-order valence-electron chi connectivity index (χ1n) is 7.17. The fourth-order valence-corrected chi connectivity index (χ4v) is 3.60. The van der Waals surface area contributed by atoms with Crippen LogP contribution in [0.1, 0.15) is 16.7 Å². The van der Waals surface area contributed by atoms with Gasteiger partial charge in [0.1, 0.15) is 4.99 Å². The van der Waals surface area contributed by atoms with Gasteiger partial charge in [-0.1, -0.05) is 78.9 Å². The Kier molecular flexibility index (Phi) is 4.76. The lowest BCUT2D eigenvalue weighted by molar-refractivity contribution is 1.38. The van der Waals surface area contributed by atoms with Gasteiger partial charge in [0, 0.05) is 17.1 Å². The second-order valence-corrected chi connectivity index (χ2v) is 6.62. The highest BCUT2D eigenvalue weighted by Gasteiger charge is 2.02. The number of rotatable bonds is 5. The smallest absolute Gasteiger partial charge is 0.103 e. The van der Waals surface area contributed by atoms with E-state index in [1.54, 1.807) is 0 Å². The number of hydrogen-bond donors (Lipinski definition) is 1. The topological polar surface area (TPSA) is 26.0 Å². The summed E-state index contributed by atoms with van der Waals surface area (Å²) in [6.07, 6.45) is 0. The summed E-state index contributed by atoms with van der Waals surface area (Å²) < 4.78 is 0. The zero-order valence-electron chi connectivity index (χ0n) is 12.2. The van der Waals surface area contributed by atoms with Crippen LogP contribution in [0.15, 0.2) is 66.7 Å². The predicted molar refractivity (Wildman–Crippen MR) is 101 cm³/mol. The van der Waals surface area contributed by atoms with Crippen LogP contribution in [0, 0.1) is 0 Å².